The number of benzene rings is 2. The lowest BCUT2D eigenvalue weighted by Crippen LogP contribution is -2.20. The normalized spacial score (nSPS) is 11.2. The molecule has 1 amide bonds. The summed E-state index contributed by atoms with van der Waals surface area (Å²) in [5.74, 6) is 2.19. The van der Waals surface area contributed by atoms with Gasteiger partial charge in [0.05, 0.1) is 0 Å². The standard InChI is InChI=1S/C25H20F3N3OS/c1-3-18-15-17(9-12-21(18)29-2)16-30-23(32)14-11-19-10-13-22(25(26,27)28)31-24(19)33-20-7-5-4-6-8-20/h1,4-15,29H,16H2,2H3,(H,30,32)/b14-11+. The van der Waals surface area contributed by atoms with Crippen molar-refractivity contribution in [3.05, 3.63) is 89.1 Å². The summed E-state index contributed by atoms with van der Waals surface area (Å²) in [5.41, 5.74) is 1.72. The molecule has 0 unspecified atom stereocenters. The van der Waals surface area contributed by atoms with Crippen molar-refractivity contribution in [2.45, 2.75) is 22.6 Å². The molecule has 0 spiro atoms. The SMILES string of the molecule is C#Cc1cc(CNC(=O)/C=C/c2ccc(C(F)(F)F)nc2Sc2ccccc2)ccc1NC. The van der Waals surface area contributed by atoms with E-state index in [1.54, 1.807) is 37.4 Å². The molecule has 0 saturated carbocycles. The Morgan fingerprint density at radius 3 is 2.58 bits per heavy atom. The number of anilines is 1. The van der Waals surface area contributed by atoms with Crippen LogP contribution in [0.15, 0.2) is 76.7 Å². The lowest BCUT2D eigenvalue weighted by molar-refractivity contribution is -0.141. The molecule has 1 aromatic heterocycles. The molecule has 0 saturated heterocycles. The Labute approximate surface area is 194 Å². The third-order valence-corrected chi connectivity index (χ3v) is 5.56. The molecule has 3 aromatic rings. The van der Waals surface area contributed by atoms with Gasteiger partial charge in [0, 0.05) is 41.4 Å². The Bertz CT molecular complexity index is 1200. The van der Waals surface area contributed by atoms with Crippen molar-refractivity contribution >= 4 is 29.4 Å². The van der Waals surface area contributed by atoms with Gasteiger partial charge in [0.15, 0.2) is 0 Å². The number of aromatic nitrogens is 1. The van der Waals surface area contributed by atoms with Crippen molar-refractivity contribution < 1.29 is 18.0 Å². The molecule has 1 heterocycles. The maximum Gasteiger partial charge on any atom is 0.433 e. The number of amides is 1. The van der Waals surface area contributed by atoms with E-state index in [0.29, 0.717) is 11.1 Å². The maximum atomic E-state index is 13.1. The number of alkyl halides is 3. The Kier molecular flexibility index (Phi) is 7.80. The number of rotatable bonds is 7. The van der Waals surface area contributed by atoms with Crippen LogP contribution < -0.4 is 10.6 Å². The molecule has 0 atom stereocenters. The summed E-state index contributed by atoms with van der Waals surface area (Å²) in [5, 5.41) is 5.89. The largest absolute Gasteiger partial charge is 0.433 e. The molecular formula is C25H20F3N3OS. The number of nitrogens with one attached hydrogen (secondary N) is 2. The van der Waals surface area contributed by atoms with Crippen LogP contribution in [0.1, 0.15) is 22.4 Å². The Balaban J connectivity index is 1.75. The van der Waals surface area contributed by atoms with Crippen molar-refractivity contribution in [3.63, 3.8) is 0 Å². The van der Waals surface area contributed by atoms with Gasteiger partial charge in [-0.25, -0.2) is 4.98 Å². The van der Waals surface area contributed by atoms with Gasteiger partial charge in [-0.3, -0.25) is 4.79 Å². The molecule has 0 aliphatic rings. The zero-order valence-corrected chi connectivity index (χ0v) is 18.4. The second kappa shape index (κ2) is 10.7. The third-order valence-electron chi connectivity index (χ3n) is 4.53. The number of carbonyl (C=O) groups is 1. The smallest absolute Gasteiger partial charge is 0.387 e. The molecular weight excluding hydrogens is 447 g/mol. The molecule has 0 radical (unpaired) electrons. The number of halogens is 3. The van der Waals surface area contributed by atoms with E-state index in [1.807, 2.05) is 18.2 Å². The van der Waals surface area contributed by atoms with Crippen LogP contribution in [0.3, 0.4) is 0 Å². The number of terminal acetylenes is 1. The van der Waals surface area contributed by atoms with E-state index in [9.17, 15) is 18.0 Å². The monoisotopic (exact) mass is 467 g/mol. The van der Waals surface area contributed by atoms with E-state index in [0.717, 1.165) is 34.0 Å². The average Bonchev–Trinajstić information content (AvgIpc) is 2.81. The number of hydrogen-bond acceptors (Lipinski definition) is 4. The fourth-order valence-corrected chi connectivity index (χ4v) is 3.78. The van der Waals surface area contributed by atoms with E-state index < -0.39 is 17.8 Å². The first-order chi connectivity index (χ1) is 15.8. The van der Waals surface area contributed by atoms with Crippen molar-refractivity contribution in [1.82, 2.24) is 10.3 Å². The highest BCUT2D eigenvalue weighted by molar-refractivity contribution is 7.99. The predicted octanol–water partition coefficient (Wildman–Crippen LogP) is 5.60. The van der Waals surface area contributed by atoms with Crippen molar-refractivity contribution in [2.75, 3.05) is 12.4 Å². The fourth-order valence-electron chi connectivity index (χ4n) is 2.87. The highest BCUT2D eigenvalue weighted by Crippen LogP contribution is 2.34. The molecule has 2 aromatic carbocycles. The summed E-state index contributed by atoms with van der Waals surface area (Å²) in [4.78, 5) is 16.8. The molecule has 33 heavy (non-hydrogen) atoms. The van der Waals surface area contributed by atoms with Gasteiger partial charge in [0.2, 0.25) is 5.91 Å². The average molecular weight is 468 g/mol. The zero-order valence-electron chi connectivity index (χ0n) is 17.6. The second-order valence-corrected chi connectivity index (χ2v) is 7.89. The fraction of sp³-hybridized carbons (Fsp3) is 0.120. The topological polar surface area (TPSA) is 54.0 Å². The van der Waals surface area contributed by atoms with Crippen molar-refractivity contribution in [3.8, 4) is 12.3 Å². The first-order valence-electron chi connectivity index (χ1n) is 9.84. The lowest BCUT2D eigenvalue weighted by atomic mass is 10.1. The summed E-state index contributed by atoms with van der Waals surface area (Å²) in [6.45, 7) is 0.249. The summed E-state index contributed by atoms with van der Waals surface area (Å²) in [6, 6.07) is 16.6. The molecule has 3 rings (SSSR count). The van der Waals surface area contributed by atoms with Gasteiger partial charge in [-0.05, 0) is 42.0 Å². The van der Waals surface area contributed by atoms with Crippen LogP contribution in [0.2, 0.25) is 0 Å². The first-order valence-corrected chi connectivity index (χ1v) is 10.7. The predicted molar refractivity (Wildman–Crippen MR) is 125 cm³/mol. The van der Waals surface area contributed by atoms with Gasteiger partial charge in [-0.1, -0.05) is 48.0 Å². The summed E-state index contributed by atoms with van der Waals surface area (Å²) < 4.78 is 39.4. The van der Waals surface area contributed by atoms with Crippen LogP contribution in [0.5, 0.6) is 0 Å². The quantitative estimate of drug-likeness (QED) is 0.351. The van der Waals surface area contributed by atoms with E-state index in [-0.39, 0.29) is 11.6 Å². The van der Waals surface area contributed by atoms with Crippen LogP contribution in [0.4, 0.5) is 18.9 Å². The first kappa shape index (κ1) is 24.0. The van der Waals surface area contributed by atoms with E-state index in [4.69, 9.17) is 6.42 Å². The van der Waals surface area contributed by atoms with Crippen molar-refractivity contribution in [1.29, 1.82) is 0 Å². The minimum atomic E-state index is -4.56. The molecule has 0 aliphatic carbocycles. The highest BCUT2D eigenvalue weighted by Gasteiger charge is 2.33. The van der Waals surface area contributed by atoms with Gasteiger partial charge in [-0.2, -0.15) is 13.2 Å². The van der Waals surface area contributed by atoms with Crippen LogP contribution >= 0.6 is 11.8 Å². The Morgan fingerprint density at radius 1 is 1.15 bits per heavy atom. The molecule has 168 valence electrons. The molecule has 0 fully saturated rings. The van der Waals surface area contributed by atoms with E-state index >= 15 is 0 Å². The van der Waals surface area contributed by atoms with E-state index in [2.05, 4.69) is 21.5 Å². The number of nitrogens with zero attached hydrogens (tertiary/aromatic N) is 1. The minimum absolute atomic E-state index is 0.154. The van der Waals surface area contributed by atoms with Gasteiger partial charge in [0.25, 0.3) is 0 Å². The number of carbonyl (C=O) groups excluding carboxylic acids is 1. The summed E-state index contributed by atoms with van der Waals surface area (Å²) in [7, 11) is 1.77. The lowest BCUT2D eigenvalue weighted by Gasteiger charge is -2.10. The summed E-state index contributed by atoms with van der Waals surface area (Å²) in [6.07, 6.45) is 3.66. The molecule has 4 nitrogen and oxygen atoms in total. The van der Waals surface area contributed by atoms with Gasteiger partial charge >= 0.3 is 6.18 Å². The maximum absolute atomic E-state index is 13.1. The van der Waals surface area contributed by atoms with Gasteiger partial charge in [-0.15, -0.1) is 6.42 Å². The number of pyridine rings is 1. The van der Waals surface area contributed by atoms with Gasteiger partial charge < -0.3 is 10.6 Å². The molecule has 2 N–H and O–H groups in total. The Morgan fingerprint density at radius 2 is 1.91 bits per heavy atom. The number of hydrogen-bond donors (Lipinski definition) is 2. The van der Waals surface area contributed by atoms with Crippen LogP contribution in [-0.2, 0) is 17.5 Å². The minimum Gasteiger partial charge on any atom is -0.387 e. The zero-order chi connectivity index (χ0) is 23.8. The van der Waals surface area contributed by atoms with Gasteiger partial charge in [0.1, 0.15) is 10.7 Å². The molecule has 8 heteroatoms. The Hall–Kier alpha value is -3.70. The van der Waals surface area contributed by atoms with Crippen LogP contribution in [0, 0.1) is 12.3 Å². The molecule has 0 bridgehead atoms. The second-order valence-electron chi connectivity index (χ2n) is 6.83. The van der Waals surface area contributed by atoms with Crippen LogP contribution in [0.25, 0.3) is 6.08 Å². The summed E-state index contributed by atoms with van der Waals surface area (Å²) >= 11 is 1.10. The van der Waals surface area contributed by atoms with Crippen molar-refractivity contribution in [2.24, 2.45) is 0 Å². The third kappa shape index (κ3) is 6.64. The van der Waals surface area contributed by atoms with E-state index in [1.165, 1.54) is 18.2 Å². The van der Waals surface area contributed by atoms with Crippen LogP contribution in [-0.4, -0.2) is 17.9 Å². The highest BCUT2D eigenvalue weighted by atomic mass is 32.2. The molecule has 0 aliphatic heterocycles.